The second-order valence-corrected chi connectivity index (χ2v) is 5.38. The molecule has 1 N–H and O–H groups in total. The second kappa shape index (κ2) is 6.70. The van der Waals surface area contributed by atoms with Crippen LogP contribution in [0.5, 0.6) is 5.75 Å². The average molecular weight is 278 g/mol. The number of hydrogen-bond acceptors (Lipinski definition) is 5. The number of nitrogens with one attached hydrogen (secondary N) is 1. The van der Waals surface area contributed by atoms with Gasteiger partial charge in [-0.25, -0.2) is 4.79 Å². The molecule has 1 aliphatic rings. The zero-order chi connectivity index (χ0) is 14.5. The lowest BCUT2D eigenvalue weighted by atomic mass is 10.3. The number of carbonyl (C=O) groups excluding carboxylic acids is 1. The van der Waals surface area contributed by atoms with Gasteiger partial charge in [0.25, 0.3) is 0 Å². The van der Waals surface area contributed by atoms with E-state index in [0.717, 1.165) is 11.4 Å². The molecule has 110 valence electrons. The van der Waals surface area contributed by atoms with E-state index in [1.165, 1.54) is 12.8 Å². The van der Waals surface area contributed by atoms with E-state index in [0.29, 0.717) is 18.3 Å². The Bertz CT molecular complexity index is 470. The van der Waals surface area contributed by atoms with Gasteiger partial charge in [-0.1, -0.05) is 0 Å². The van der Waals surface area contributed by atoms with Crippen LogP contribution in [0.1, 0.15) is 38.1 Å². The molecule has 0 spiro atoms. The highest BCUT2D eigenvalue weighted by Crippen LogP contribution is 2.22. The number of ether oxygens (including phenoxy) is 2. The molecular formula is C15H22N2O3. The molecule has 2 rings (SSSR count). The molecule has 1 aliphatic carbocycles. The van der Waals surface area contributed by atoms with Gasteiger partial charge in [0.05, 0.1) is 11.8 Å². The van der Waals surface area contributed by atoms with Crippen molar-refractivity contribution in [2.75, 3.05) is 6.61 Å². The number of esters is 1. The van der Waals surface area contributed by atoms with Gasteiger partial charge in [0.1, 0.15) is 5.75 Å². The fourth-order valence-electron chi connectivity index (χ4n) is 1.82. The van der Waals surface area contributed by atoms with Crippen LogP contribution in [0.15, 0.2) is 12.1 Å². The third-order valence-corrected chi connectivity index (χ3v) is 2.92. The van der Waals surface area contributed by atoms with E-state index in [-0.39, 0.29) is 18.7 Å². The summed E-state index contributed by atoms with van der Waals surface area (Å²) in [6.07, 6.45) is 2.32. The summed E-state index contributed by atoms with van der Waals surface area (Å²) in [4.78, 5) is 16.0. The fraction of sp³-hybridized carbons (Fsp3) is 0.600. The molecule has 0 aliphatic heterocycles. The molecule has 0 bridgehead atoms. The Hall–Kier alpha value is -1.62. The van der Waals surface area contributed by atoms with Crippen molar-refractivity contribution in [1.82, 2.24) is 10.3 Å². The summed E-state index contributed by atoms with van der Waals surface area (Å²) < 4.78 is 10.6. The van der Waals surface area contributed by atoms with Crippen molar-refractivity contribution in [2.45, 2.75) is 52.3 Å². The van der Waals surface area contributed by atoms with E-state index in [1.54, 1.807) is 0 Å². The highest BCUT2D eigenvalue weighted by molar-refractivity contribution is 5.71. The Morgan fingerprint density at radius 2 is 2.20 bits per heavy atom. The van der Waals surface area contributed by atoms with Crippen LogP contribution in [0, 0.1) is 6.92 Å². The highest BCUT2D eigenvalue weighted by atomic mass is 16.6. The van der Waals surface area contributed by atoms with Crippen LogP contribution in [-0.4, -0.2) is 29.7 Å². The first kappa shape index (κ1) is 14.8. The molecule has 1 aromatic heterocycles. The molecular weight excluding hydrogens is 256 g/mol. The number of carbonyl (C=O) groups is 1. The van der Waals surface area contributed by atoms with Gasteiger partial charge in [0, 0.05) is 18.3 Å². The first-order valence-corrected chi connectivity index (χ1v) is 7.07. The quantitative estimate of drug-likeness (QED) is 0.773. The van der Waals surface area contributed by atoms with Crippen molar-refractivity contribution in [1.29, 1.82) is 0 Å². The van der Waals surface area contributed by atoms with Gasteiger partial charge in [0.15, 0.2) is 6.61 Å². The van der Waals surface area contributed by atoms with E-state index < -0.39 is 0 Å². The molecule has 1 fully saturated rings. The lowest BCUT2D eigenvalue weighted by Gasteiger charge is -2.13. The summed E-state index contributed by atoms with van der Waals surface area (Å²) in [5.74, 6) is 0.283. The topological polar surface area (TPSA) is 60.5 Å². The zero-order valence-electron chi connectivity index (χ0n) is 12.3. The third kappa shape index (κ3) is 4.81. The molecule has 1 saturated carbocycles. The van der Waals surface area contributed by atoms with Crippen LogP contribution in [0.25, 0.3) is 0 Å². The maximum atomic E-state index is 11.5. The number of hydrogen-bond donors (Lipinski definition) is 1. The van der Waals surface area contributed by atoms with Crippen molar-refractivity contribution in [3.05, 3.63) is 23.5 Å². The first-order chi connectivity index (χ1) is 9.54. The molecule has 20 heavy (non-hydrogen) atoms. The van der Waals surface area contributed by atoms with Gasteiger partial charge in [-0.05, 0) is 45.7 Å². The van der Waals surface area contributed by atoms with Crippen LogP contribution in [0.3, 0.4) is 0 Å². The normalized spacial score (nSPS) is 14.4. The van der Waals surface area contributed by atoms with E-state index in [1.807, 2.05) is 32.9 Å². The van der Waals surface area contributed by atoms with E-state index in [4.69, 9.17) is 9.47 Å². The summed E-state index contributed by atoms with van der Waals surface area (Å²) in [5.41, 5.74) is 1.78. The smallest absolute Gasteiger partial charge is 0.344 e. The number of nitrogens with zero attached hydrogens (tertiary/aromatic N) is 1. The third-order valence-electron chi connectivity index (χ3n) is 2.92. The molecule has 0 atom stereocenters. The van der Waals surface area contributed by atoms with Gasteiger partial charge in [-0.2, -0.15) is 0 Å². The maximum absolute atomic E-state index is 11.5. The zero-order valence-corrected chi connectivity index (χ0v) is 12.3. The number of aromatic nitrogens is 1. The summed E-state index contributed by atoms with van der Waals surface area (Å²) in [5, 5.41) is 3.40. The van der Waals surface area contributed by atoms with Gasteiger partial charge in [-0.3, -0.25) is 4.98 Å². The molecule has 5 nitrogen and oxygen atoms in total. The number of aryl methyl sites for hydroxylation is 1. The van der Waals surface area contributed by atoms with Crippen LogP contribution in [0.4, 0.5) is 0 Å². The van der Waals surface area contributed by atoms with E-state index in [9.17, 15) is 4.79 Å². The summed E-state index contributed by atoms with van der Waals surface area (Å²) in [6, 6.07) is 4.34. The molecule has 0 saturated heterocycles. The minimum absolute atomic E-state index is 0.0840. The predicted molar refractivity (Wildman–Crippen MR) is 75.6 cm³/mol. The molecule has 0 amide bonds. The van der Waals surface area contributed by atoms with Crippen molar-refractivity contribution in [3.8, 4) is 5.75 Å². The summed E-state index contributed by atoms with van der Waals surface area (Å²) in [6.45, 7) is 6.16. The molecule has 1 aromatic rings. The molecule has 5 heteroatoms. The molecule has 0 radical (unpaired) electrons. The van der Waals surface area contributed by atoms with Gasteiger partial charge < -0.3 is 14.8 Å². The van der Waals surface area contributed by atoms with Gasteiger partial charge >= 0.3 is 5.97 Å². The molecule has 1 heterocycles. The van der Waals surface area contributed by atoms with Crippen LogP contribution >= 0.6 is 0 Å². The first-order valence-electron chi connectivity index (χ1n) is 7.07. The van der Waals surface area contributed by atoms with Crippen LogP contribution in [0.2, 0.25) is 0 Å². The van der Waals surface area contributed by atoms with E-state index in [2.05, 4.69) is 10.3 Å². The molecule has 0 unspecified atom stereocenters. The Labute approximate surface area is 119 Å². The number of pyridine rings is 1. The minimum Gasteiger partial charge on any atom is -0.480 e. The Kier molecular flexibility index (Phi) is 4.95. The monoisotopic (exact) mass is 278 g/mol. The van der Waals surface area contributed by atoms with Crippen molar-refractivity contribution < 1.29 is 14.3 Å². The largest absolute Gasteiger partial charge is 0.480 e. The molecule has 0 aromatic carbocycles. The predicted octanol–water partition coefficient (Wildman–Crippen LogP) is 1.97. The Morgan fingerprint density at radius 3 is 2.85 bits per heavy atom. The van der Waals surface area contributed by atoms with Crippen molar-refractivity contribution in [2.24, 2.45) is 0 Å². The summed E-state index contributed by atoms with van der Waals surface area (Å²) in [7, 11) is 0. The maximum Gasteiger partial charge on any atom is 0.344 e. The van der Waals surface area contributed by atoms with Crippen LogP contribution in [-0.2, 0) is 16.1 Å². The lowest BCUT2D eigenvalue weighted by Crippen LogP contribution is -2.21. The van der Waals surface area contributed by atoms with Crippen molar-refractivity contribution in [3.63, 3.8) is 0 Å². The fourth-order valence-corrected chi connectivity index (χ4v) is 1.82. The van der Waals surface area contributed by atoms with E-state index >= 15 is 0 Å². The number of rotatable bonds is 7. The minimum atomic E-state index is -0.360. The Morgan fingerprint density at radius 1 is 1.45 bits per heavy atom. The lowest BCUT2D eigenvalue weighted by molar-refractivity contribution is -0.149. The van der Waals surface area contributed by atoms with Crippen molar-refractivity contribution >= 4 is 5.97 Å². The average Bonchev–Trinajstić information content (AvgIpc) is 3.18. The van der Waals surface area contributed by atoms with Gasteiger partial charge in [-0.15, -0.1) is 0 Å². The SMILES string of the molecule is Cc1ccc(OCC(=O)OC(C)C)c(CNC2CC2)n1. The second-order valence-electron chi connectivity index (χ2n) is 5.38. The van der Waals surface area contributed by atoms with Gasteiger partial charge in [0.2, 0.25) is 0 Å². The highest BCUT2D eigenvalue weighted by Gasteiger charge is 2.21. The Balaban J connectivity index is 1.92. The van der Waals surface area contributed by atoms with Crippen LogP contribution < -0.4 is 10.1 Å². The summed E-state index contributed by atoms with van der Waals surface area (Å²) >= 11 is 0. The standard InChI is InChI=1S/C15H22N2O3/c1-10(2)20-15(18)9-19-14-7-4-11(3)17-13(14)8-16-12-5-6-12/h4,7,10,12,16H,5-6,8-9H2,1-3H3.